The lowest BCUT2D eigenvalue weighted by molar-refractivity contribution is 0.0329. The van der Waals surface area contributed by atoms with Crippen LogP contribution in [-0.4, -0.2) is 50.7 Å². The molecule has 0 bridgehead atoms. The molecule has 3 heterocycles. The van der Waals surface area contributed by atoms with Gasteiger partial charge in [0.25, 0.3) is 0 Å². The molecule has 168 valence electrons. The molecule has 6 heteroatoms. The van der Waals surface area contributed by atoms with Crippen LogP contribution >= 0.6 is 0 Å². The Morgan fingerprint density at radius 3 is 2.48 bits per heavy atom. The van der Waals surface area contributed by atoms with Crippen LogP contribution in [-0.2, 0) is 30.5 Å². The van der Waals surface area contributed by atoms with E-state index in [4.69, 9.17) is 19.7 Å². The van der Waals surface area contributed by atoms with Gasteiger partial charge in [-0.1, -0.05) is 42.5 Å². The lowest BCUT2D eigenvalue weighted by Gasteiger charge is -2.26. The zero-order chi connectivity index (χ0) is 22.0. The van der Waals surface area contributed by atoms with Crippen molar-refractivity contribution in [3.05, 3.63) is 82.9 Å². The zero-order valence-corrected chi connectivity index (χ0v) is 18.9. The minimum Gasteiger partial charge on any atom is -0.379 e. The number of benzene rings is 2. The van der Waals surface area contributed by atoms with Gasteiger partial charge in [-0.2, -0.15) is 0 Å². The van der Waals surface area contributed by atoms with E-state index in [1.807, 2.05) is 6.07 Å². The van der Waals surface area contributed by atoms with Gasteiger partial charge < -0.3 is 4.74 Å². The fraction of sp³-hybridized carbons (Fsp3) is 0.370. The molecule has 0 radical (unpaired) electrons. The summed E-state index contributed by atoms with van der Waals surface area (Å²) < 4.78 is 7.74. The maximum atomic E-state index is 5.55. The molecule has 1 aliphatic heterocycles. The van der Waals surface area contributed by atoms with Gasteiger partial charge in [-0.05, 0) is 48.9 Å². The molecule has 0 spiro atoms. The maximum absolute atomic E-state index is 5.55. The zero-order valence-electron chi connectivity index (χ0n) is 18.9. The minimum absolute atomic E-state index is 0.763. The van der Waals surface area contributed by atoms with Crippen LogP contribution in [0.1, 0.15) is 41.2 Å². The van der Waals surface area contributed by atoms with Crippen molar-refractivity contribution < 1.29 is 4.74 Å². The summed E-state index contributed by atoms with van der Waals surface area (Å²) in [5.74, 6) is 1.76. The van der Waals surface area contributed by atoms with E-state index < -0.39 is 0 Å². The SMILES string of the molecule is c1ccc(Cc2nc(-n3c(CN4CCOCC4)nc4ccccc43)nc3c2CCCC3)cc1. The average Bonchev–Trinajstić information content (AvgIpc) is 3.23. The summed E-state index contributed by atoms with van der Waals surface area (Å²) >= 11 is 0. The molecular weight excluding hydrogens is 410 g/mol. The Morgan fingerprint density at radius 1 is 0.818 bits per heavy atom. The van der Waals surface area contributed by atoms with Gasteiger partial charge in [-0.25, -0.2) is 15.0 Å². The van der Waals surface area contributed by atoms with Crippen LogP contribution in [0.5, 0.6) is 0 Å². The molecule has 1 saturated heterocycles. The van der Waals surface area contributed by atoms with E-state index in [2.05, 4.69) is 58.0 Å². The predicted molar refractivity (Wildman–Crippen MR) is 129 cm³/mol. The van der Waals surface area contributed by atoms with E-state index in [-0.39, 0.29) is 0 Å². The van der Waals surface area contributed by atoms with Gasteiger partial charge in [0.05, 0.1) is 36.5 Å². The number of para-hydroxylation sites is 2. The van der Waals surface area contributed by atoms with Gasteiger partial charge in [-0.15, -0.1) is 0 Å². The van der Waals surface area contributed by atoms with Crippen LogP contribution in [0.3, 0.4) is 0 Å². The summed E-state index contributed by atoms with van der Waals surface area (Å²) in [6, 6.07) is 19.0. The van der Waals surface area contributed by atoms with Gasteiger partial charge in [0, 0.05) is 25.2 Å². The molecular formula is C27H29N5O. The molecule has 2 aliphatic rings. The van der Waals surface area contributed by atoms with E-state index in [1.165, 1.54) is 29.7 Å². The monoisotopic (exact) mass is 439 g/mol. The summed E-state index contributed by atoms with van der Waals surface area (Å²) in [6.45, 7) is 4.17. The molecule has 1 aliphatic carbocycles. The molecule has 2 aromatic carbocycles. The Kier molecular flexibility index (Phi) is 5.62. The van der Waals surface area contributed by atoms with E-state index in [9.17, 15) is 0 Å². The molecule has 6 nitrogen and oxygen atoms in total. The largest absolute Gasteiger partial charge is 0.379 e. The molecule has 33 heavy (non-hydrogen) atoms. The van der Waals surface area contributed by atoms with E-state index in [1.54, 1.807) is 0 Å². The van der Waals surface area contributed by atoms with Crippen LogP contribution in [0, 0.1) is 0 Å². The Labute approximate surface area is 194 Å². The summed E-state index contributed by atoms with van der Waals surface area (Å²) in [4.78, 5) is 17.7. The van der Waals surface area contributed by atoms with Crippen LogP contribution in [0.25, 0.3) is 17.0 Å². The van der Waals surface area contributed by atoms with Crippen molar-refractivity contribution in [3.63, 3.8) is 0 Å². The topological polar surface area (TPSA) is 56.1 Å². The van der Waals surface area contributed by atoms with Crippen molar-refractivity contribution in [2.75, 3.05) is 26.3 Å². The van der Waals surface area contributed by atoms with Crippen molar-refractivity contribution in [1.82, 2.24) is 24.4 Å². The van der Waals surface area contributed by atoms with Gasteiger partial charge in [0.1, 0.15) is 5.82 Å². The first kappa shape index (κ1) is 20.5. The number of aryl methyl sites for hydroxylation is 1. The standard InChI is InChI=1S/C27H29N5O/c1-2-8-20(9-3-1)18-24-21-10-4-5-11-22(21)29-27(30-24)32-25-13-7-6-12-23(25)28-26(32)19-31-14-16-33-17-15-31/h1-3,6-9,12-13H,4-5,10-11,14-19H2. The number of rotatable bonds is 5. The van der Waals surface area contributed by atoms with Crippen molar-refractivity contribution in [3.8, 4) is 5.95 Å². The van der Waals surface area contributed by atoms with Crippen molar-refractivity contribution in [2.24, 2.45) is 0 Å². The molecule has 0 N–H and O–H groups in total. The first-order chi connectivity index (χ1) is 16.3. The lowest BCUT2D eigenvalue weighted by atomic mass is 9.92. The van der Waals surface area contributed by atoms with E-state index in [0.29, 0.717) is 0 Å². The quantitative estimate of drug-likeness (QED) is 0.468. The van der Waals surface area contributed by atoms with E-state index >= 15 is 0 Å². The molecule has 6 rings (SSSR count). The van der Waals surface area contributed by atoms with Gasteiger partial charge in [0.15, 0.2) is 0 Å². The third-order valence-corrected chi connectivity index (χ3v) is 6.77. The molecule has 0 unspecified atom stereocenters. The number of ether oxygens (including phenoxy) is 1. The second kappa shape index (κ2) is 9.04. The first-order valence-corrected chi connectivity index (χ1v) is 12.0. The Bertz CT molecular complexity index is 1260. The van der Waals surface area contributed by atoms with Gasteiger partial charge in [-0.3, -0.25) is 9.47 Å². The van der Waals surface area contributed by atoms with Crippen molar-refractivity contribution in [2.45, 2.75) is 38.6 Å². The number of morpholine rings is 1. The summed E-state index contributed by atoms with van der Waals surface area (Å²) in [7, 11) is 0. The normalized spacial score (nSPS) is 16.7. The second-order valence-electron chi connectivity index (χ2n) is 9.01. The number of aromatic nitrogens is 4. The van der Waals surface area contributed by atoms with Crippen LogP contribution in [0.15, 0.2) is 54.6 Å². The number of hydrogen-bond acceptors (Lipinski definition) is 5. The van der Waals surface area contributed by atoms with Crippen LogP contribution in [0.2, 0.25) is 0 Å². The third-order valence-electron chi connectivity index (χ3n) is 6.77. The number of fused-ring (bicyclic) bond motifs is 2. The highest BCUT2D eigenvalue weighted by molar-refractivity contribution is 5.77. The highest BCUT2D eigenvalue weighted by atomic mass is 16.5. The van der Waals surface area contributed by atoms with Crippen molar-refractivity contribution in [1.29, 1.82) is 0 Å². The fourth-order valence-corrected chi connectivity index (χ4v) is 5.06. The number of hydrogen-bond donors (Lipinski definition) is 0. The fourth-order valence-electron chi connectivity index (χ4n) is 5.06. The number of nitrogens with zero attached hydrogens (tertiary/aromatic N) is 5. The molecule has 2 aromatic heterocycles. The van der Waals surface area contributed by atoms with Crippen LogP contribution in [0.4, 0.5) is 0 Å². The highest BCUT2D eigenvalue weighted by Crippen LogP contribution is 2.27. The Morgan fingerprint density at radius 2 is 1.61 bits per heavy atom. The second-order valence-corrected chi connectivity index (χ2v) is 9.01. The summed E-state index contributed by atoms with van der Waals surface area (Å²) in [6.07, 6.45) is 5.35. The van der Waals surface area contributed by atoms with Gasteiger partial charge in [0.2, 0.25) is 5.95 Å². The summed E-state index contributed by atoms with van der Waals surface area (Å²) in [5, 5.41) is 0. The Balaban J connectivity index is 1.47. The lowest BCUT2D eigenvalue weighted by Crippen LogP contribution is -2.36. The third kappa shape index (κ3) is 4.16. The molecule has 4 aromatic rings. The van der Waals surface area contributed by atoms with Crippen LogP contribution < -0.4 is 0 Å². The molecule has 0 amide bonds. The van der Waals surface area contributed by atoms with Crippen molar-refractivity contribution >= 4 is 11.0 Å². The average molecular weight is 440 g/mol. The predicted octanol–water partition coefficient (Wildman–Crippen LogP) is 4.12. The number of imidazole rings is 1. The van der Waals surface area contributed by atoms with Gasteiger partial charge >= 0.3 is 0 Å². The molecule has 0 saturated carbocycles. The first-order valence-electron chi connectivity index (χ1n) is 12.0. The van der Waals surface area contributed by atoms with E-state index in [0.717, 1.165) is 80.6 Å². The molecule has 1 fully saturated rings. The highest BCUT2D eigenvalue weighted by Gasteiger charge is 2.23. The Hall–Kier alpha value is -3.09. The molecule has 0 atom stereocenters. The maximum Gasteiger partial charge on any atom is 0.236 e. The smallest absolute Gasteiger partial charge is 0.236 e. The minimum atomic E-state index is 0.763. The summed E-state index contributed by atoms with van der Waals surface area (Å²) in [5.41, 5.74) is 7.09.